The summed E-state index contributed by atoms with van der Waals surface area (Å²) >= 11 is 0. The number of pyridine rings is 1. The van der Waals surface area contributed by atoms with Crippen molar-refractivity contribution in [3.63, 3.8) is 0 Å². The second kappa shape index (κ2) is 7.61. The molecule has 0 saturated carbocycles. The Morgan fingerprint density at radius 3 is 2.25 bits per heavy atom. The fraction of sp³-hybridized carbons (Fsp3) is 0.148. The van der Waals surface area contributed by atoms with Crippen LogP contribution in [0.5, 0.6) is 0 Å². The van der Waals surface area contributed by atoms with Crippen LogP contribution in [0.15, 0.2) is 88.5 Å². The summed E-state index contributed by atoms with van der Waals surface area (Å²) < 4.78 is 3.50. The molecule has 0 fully saturated rings. The highest BCUT2D eigenvalue weighted by Gasteiger charge is 2.23. The average molecular weight is 422 g/mol. The van der Waals surface area contributed by atoms with Gasteiger partial charge in [-0.25, -0.2) is 4.98 Å². The van der Waals surface area contributed by atoms with Gasteiger partial charge in [0.05, 0.1) is 11.6 Å². The Hall–Kier alpha value is -3.99. The van der Waals surface area contributed by atoms with E-state index in [0.29, 0.717) is 16.9 Å². The highest BCUT2D eigenvalue weighted by Crippen LogP contribution is 2.27. The van der Waals surface area contributed by atoms with E-state index in [2.05, 4.69) is 0 Å². The molecule has 2 heterocycles. The quantitative estimate of drug-likeness (QED) is 0.392. The number of aromatic nitrogens is 3. The summed E-state index contributed by atoms with van der Waals surface area (Å²) in [5.74, 6) is 0.558. The molecule has 5 heteroatoms. The lowest BCUT2D eigenvalue weighted by molar-refractivity contribution is 0.615. The Morgan fingerprint density at radius 2 is 1.50 bits per heavy atom. The van der Waals surface area contributed by atoms with Crippen molar-refractivity contribution in [2.45, 2.75) is 19.9 Å². The Balaban J connectivity index is 1.98. The third-order valence-electron chi connectivity index (χ3n) is 6.21. The van der Waals surface area contributed by atoms with Crippen molar-refractivity contribution in [3.05, 3.63) is 111 Å². The Labute approximate surface area is 185 Å². The third kappa shape index (κ3) is 2.97. The van der Waals surface area contributed by atoms with Gasteiger partial charge in [0.2, 0.25) is 5.43 Å². The second-order valence-electron chi connectivity index (χ2n) is 8.12. The van der Waals surface area contributed by atoms with Crippen LogP contribution in [-0.4, -0.2) is 14.1 Å². The van der Waals surface area contributed by atoms with Gasteiger partial charge in [-0.15, -0.1) is 0 Å². The summed E-state index contributed by atoms with van der Waals surface area (Å²) in [5.41, 5.74) is 3.40. The van der Waals surface area contributed by atoms with E-state index in [9.17, 15) is 9.59 Å². The van der Waals surface area contributed by atoms with Crippen LogP contribution in [0.25, 0.3) is 33.3 Å². The first-order valence-corrected chi connectivity index (χ1v) is 10.6. The fourth-order valence-corrected chi connectivity index (χ4v) is 4.42. The minimum atomic E-state index is -0.323. The predicted molar refractivity (Wildman–Crippen MR) is 129 cm³/mol. The number of benzene rings is 3. The van der Waals surface area contributed by atoms with Gasteiger partial charge in [-0.2, -0.15) is 0 Å². The highest BCUT2D eigenvalue weighted by atomic mass is 16.1. The molecule has 32 heavy (non-hydrogen) atoms. The first kappa shape index (κ1) is 19.9. The first-order chi connectivity index (χ1) is 15.5. The van der Waals surface area contributed by atoms with Gasteiger partial charge in [-0.3, -0.25) is 14.2 Å². The van der Waals surface area contributed by atoms with Gasteiger partial charge in [0.15, 0.2) is 5.65 Å². The van der Waals surface area contributed by atoms with Gasteiger partial charge in [0, 0.05) is 18.0 Å². The smallest absolute Gasteiger partial charge is 0.267 e. The van der Waals surface area contributed by atoms with Crippen molar-refractivity contribution < 1.29 is 0 Å². The molecule has 5 rings (SSSR count). The lowest BCUT2D eigenvalue weighted by Gasteiger charge is -2.22. The molecular formula is C27H23N3O2. The van der Waals surface area contributed by atoms with E-state index in [1.165, 1.54) is 0 Å². The van der Waals surface area contributed by atoms with Crippen LogP contribution in [0.3, 0.4) is 0 Å². The number of rotatable bonds is 3. The van der Waals surface area contributed by atoms with Crippen molar-refractivity contribution in [2.24, 2.45) is 7.05 Å². The van der Waals surface area contributed by atoms with Gasteiger partial charge >= 0.3 is 0 Å². The highest BCUT2D eigenvalue weighted by molar-refractivity contribution is 5.92. The summed E-state index contributed by atoms with van der Waals surface area (Å²) in [6.45, 7) is 3.97. The van der Waals surface area contributed by atoms with E-state index in [-0.39, 0.29) is 22.4 Å². The molecule has 5 nitrogen and oxygen atoms in total. The minimum Gasteiger partial charge on any atom is -0.328 e. The zero-order valence-electron chi connectivity index (χ0n) is 18.2. The van der Waals surface area contributed by atoms with Crippen LogP contribution in [0.1, 0.15) is 24.1 Å². The van der Waals surface area contributed by atoms with E-state index in [0.717, 1.165) is 22.2 Å². The molecule has 0 aliphatic rings. The zero-order valence-corrected chi connectivity index (χ0v) is 18.2. The van der Waals surface area contributed by atoms with Crippen molar-refractivity contribution in [1.29, 1.82) is 0 Å². The largest absolute Gasteiger partial charge is 0.328 e. The molecular weight excluding hydrogens is 398 g/mol. The second-order valence-corrected chi connectivity index (χ2v) is 8.12. The lowest BCUT2D eigenvalue weighted by atomic mass is 10.0. The molecule has 0 spiro atoms. The number of para-hydroxylation sites is 1. The molecule has 3 aromatic carbocycles. The van der Waals surface area contributed by atoms with E-state index in [1.54, 1.807) is 10.6 Å². The van der Waals surface area contributed by atoms with Crippen molar-refractivity contribution in [2.75, 3.05) is 0 Å². The predicted octanol–water partition coefficient (Wildman–Crippen LogP) is 4.83. The van der Waals surface area contributed by atoms with Crippen molar-refractivity contribution in [1.82, 2.24) is 14.1 Å². The van der Waals surface area contributed by atoms with Crippen LogP contribution in [0, 0.1) is 6.92 Å². The molecule has 0 aliphatic heterocycles. The summed E-state index contributed by atoms with van der Waals surface area (Å²) in [6.07, 6.45) is 0. The Kier molecular flexibility index (Phi) is 4.74. The van der Waals surface area contributed by atoms with Crippen molar-refractivity contribution >= 4 is 21.9 Å². The Morgan fingerprint density at radius 1 is 0.844 bits per heavy atom. The topological polar surface area (TPSA) is 56.9 Å². The SMILES string of the molecule is Cc1ccccc1-c1nc2c(c(=O)c3ccccc3n2C)c(=O)n1[C@@H](C)c1ccccc1. The van der Waals surface area contributed by atoms with Gasteiger partial charge < -0.3 is 4.57 Å². The number of hydrogen-bond acceptors (Lipinski definition) is 3. The van der Waals surface area contributed by atoms with Crippen molar-refractivity contribution in [3.8, 4) is 11.4 Å². The average Bonchev–Trinajstić information content (AvgIpc) is 2.82. The molecule has 0 unspecified atom stereocenters. The van der Waals surface area contributed by atoms with Gasteiger partial charge in [-0.05, 0) is 37.1 Å². The maximum absolute atomic E-state index is 14.0. The third-order valence-corrected chi connectivity index (χ3v) is 6.21. The summed E-state index contributed by atoms with van der Waals surface area (Å²) in [7, 11) is 1.85. The van der Waals surface area contributed by atoms with Gasteiger partial charge in [0.25, 0.3) is 5.56 Å². The van der Waals surface area contributed by atoms with E-state index in [4.69, 9.17) is 4.98 Å². The molecule has 0 amide bonds. The minimum absolute atomic E-state index is 0.117. The van der Waals surface area contributed by atoms with Crippen LogP contribution in [-0.2, 0) is 7.05 Å². The molecule has 158 valence electrons. The molecule has 2 aromatic heterocycles. The summed E-state index contributed by atoms with van der Waals surface area (Å²) in [6, 6.07) is 24.7. The van der Waals surface area contributed by atoms with E-state index < -0.39 is 0 Å². The van der Waals surface area contributed by atoms with Crippen LogP contribution >= 0.6 is 0 Å². The van der Waals surface area contributed by atoms with Gasteiger partial charge in [0.1, 0.15) is 11.2 Å². The Bertz CT molecular complexity index is 1600. The standard InChI is InChI=1S/C27H23N3O2/c1-17-11-7-8-14-20(17)25-28-26-23(24(31)21-15-9-10-16-22(21)29(26)3)27(32)30(25)18(2)19-12-5-4-6-13-19/h4-16,18H,1-3H3/t18-/m0/s1. The van der Waals surface area contributed by atoms with Crippen LogP contribution < -0.4 is 11.0 Å². The van der Waals surface area contributed by atoms with Crippen LogP contribution in [0.4, 0.5) is 0 Å². The molecule has 0 radical (unpaired) electrons. The monoisotopic (exact) mass is 421 g/mol. The number of aryl methyl sites for hydroxylation is 2. The van der Waals surface area contributed by atoms with E-state index in [1.807, 2.05) is 98.3 Å². The maximum Gasteiger partial charge on any atom is 0.267 e. The molecule has 1 atom stereocenters. The number of nitrogens with zero attached hydrogens (tertiary/aromatic N) is 3. The molecule has 0 saturated heterocycles. The molecule has 0 N–H and O–H groups in total. The lowest BCUT2D eigenvalue weighted by Crippen LogP contribution is -2.31. The zero-order chi connectivity index (χ0) is 22.4. The maximum atomic E-state index is 14.0. The summed E-state index contributed by atoms with van der Waals surface area (Å²) in [5, 5.41) is 0.635. The number of hydrogen-bond donors (Lipinski definition) is 0. The van der Waals surface area contributed by atoms with Gasteiger partial charge in [-0.1, -0.05) is 66.7 Å². The fourth-order valence-electron chi connectivity index (χ4n) is 4.42. The first-order valence-electron chi connectivity index (χ1n) is 10.6. The normalized spacial score (nSPS) is 12.3. The van der Waals surface area contributed by atoms with E-state index >= 15 is 0 Å². The molecule has 5 aromatic rings. The number of fused-ring (bicyclic) bond motifs is 2. The summed E-state index contributed by atoms with van der Waals surface area (Å²) in [4.78, 5) is 32.3. The molecule has 0 aliphatic carbocycles. The molecule has 0 bridgehead atoms. The van der Waals surface area contributed by atoms with Crippen LogP contribution in [0.2, 0.25) is 0 Å².